The Labute approximate surface area is 369 Å². The molecular weight excluding hydrogens is 761 g/mol. The Morgan fingerprint density at radius 2 is 0.698 bits per heavy atom. The Bertz CT molecular complexity index is 3160. The van der Waals surface area contributed by atoms with Crippen LogP contribution in [0.5, 0.6) is 0 Å². The van der Waals surface area contributed by atoms with Crippen LogP contribution in [-0.4, -0.2) is 0 Å². The molecule has 0 atom stereocenters. The van der Waals surface area contributed by atoms with Crippen LogP contribution in [0, 0.1) is 0 Å². The number of para-hydroxylation sites is 2. The van der Waals surface area contributed by atoms with Gasteiger partial charge in [0.1, 0.15) is 0 Å². The summed E-state index contributed by atoms with van der Waals surface area (Å²) in [7, 11) is 0. The van der Waals surface area contributed by atoms with Gasteiger partial charge in [-0.3, -0.25) is 0 Å². The van der Waals surface area contributed by atoms with Crippen LogP contribution in [0.4, 0.5) is 34.1 Å². The molecule has 12 rings (SSSR count). The fourth-order valence-corrected chi connectivity index (χ4v) is 10.4. The molecule has 0 bridgehead atoms. The molecule has 2 aliphatic rings. The quantitative estimate of drug-likeness (QED) is 0.158. The lowest BCUT2D eigenvalue weighted by Crippen LogP contribution is -2.28. The minimum absolute atomic E-state index is 0.512. The van der Waals surface area contributed by atoms with Gasteiger partial charge in [-0.1, -0.05) is 194 Å². The maximum Gasteiger partial charge on any atom is 0.0714 e. The van der Waals surface area contributed by atoms with Gasteiger partial charge < -0.3 is 9.80 Å². The minimum atomic E-state index is -0.512. The van der Waals surface area contributed by atoms with Gasteiger partial charge >= 0.3 is 0 Å². The van der Waals surface area contributed by atoms with Crippen molar-refractivity contribution in [1.29, 1.82) is 0 Å². The monoisotopic (exact) mass is 802 g/mol. The maximum atomic E-state index is 2.45. The largest absolute Gasteiger partial charge is 0.310 e. The third-order valence-electron chi connectivity index (χ3n) is 13.1. The predicted molar refractivity (Wildman–Crippen MR) is 263 cm³/mol. The molecule has 296 valence electrons. The average Bonchev–Trinajstić information content (AvgIpc) is 3.59. The van der Waals surface area contributed by atoms with Gasteiger partial charge in [-0.05, 0) is 116 Å². The Hall–Kier alpha value is -8.20. The van der Waals surface area contributed by atoms with Gasteiger partial charge in [-0.2, -0.15) is 0 Å². The van der Waals surface area contributed by atoms with E-state index >= 15 is 0 Å². The highest BCUT2D eigenvalue weighted by atomic mass is 15.2. The lowest BCUT2D eigenvalue weighted by molar-refractivity contribution is 0.768. The molecule has 0 radical (unpaired) electrons. The van der Waals surface area contributed by atoms with Crippen LogP contribution in [0.25, 0.3) is 44.5 Å². The number of nitrogens with zero attached hydrogens (tertiary/aromatic N) is 2. The summed E-state index contributed by atoms with van der Waals surface area (Å²) < 4.78 is 0. The zero-order chi connectivity index (χ0) is 41.7. The zero-order valence-electron chi connectivity index (χ0n) is 34.6. The van der Waals surface area contributed by atoms with Crippen molar-refractivity contribution in [2.24, 2.45) is 0 Å². The predicted octanol–water partition coefficient (Wildman–Crippen LogP) is 16.3. The van der Waals surface area contributed by atoms with Crippen molar-refractivity contribution in [3.8, 4) is 44.5 Å². The zero-order valence-corrected chi connectivity index (χ0v) is 34.6. The van der Waals surface area contributed by atoms with Crippen molar-refractivity contribution in [1.82, 2.24) is 0 Å². The van der Waals surface area contributed by atoms with Crippen LogP contribution in [0.15, 0.2) is 255 Å². The number of rotatable bonds is 7. The Morgan fingerprint density at radius 3 is 1.27 bits per heavy atom. The summed E-state index contributed by atoms with van der Waals surface area (Å²) in [5.41, 5.74) is 21.1. The molecule has 0 fully saturated rings. The first-order valence-electron chi connectivity index (χ1n) is 21.8. The Morgan fingerprint density at radius 1 is 0.286 bits per heavy atom. The van der Waals surface area contributed by atoms with E-state index in [1.165, 1.54) is 66.8 Å². The molecule has 1 heterocycles. The van der Waals surface area contributed by atoms with Gasteiger partial charge in [0.15, 0.2) is 0 Å². The highest BCUT2D eigenvalue weighted by molar-refractivity contribution is 6.02. The van der Waals surface area contributed by atoms with Crippen LogP contribution in [0.2, 0.25) is 0 Å². The SMILES string of the molecule is c1ccc(-c2ccc(N(c3ccc(N4c5ccccc5-c5ccccc5-c5ccccc54)cc3)c3ccc4c(c3)C(c3ccccc3)(c3ccccc3)c3ccccc3-4)cc2)cc1. The van der Waals surface area contributed by atoms with Gasteiger partial charge in [-0.15, -0.1) is 0 Å². The van der Waals surface area contributed by atoms with Crippen LogP contribution >= 0.6 is 0 Å². The molecule has 10 aromatic carbocycles. The minimum Gasteiger partial charge on any atom is -0.310 e. The van der Waals surface area contributed by atoms with Crippen LogP contribution in [-0.2, 0) is 5.41 Å². The van der Waals surface area contributed by atoms with E-state index in [9.17, 15) is 0 Å². The van der Waals surface area contributed by atoms with Gasteiger partial charge in [-0.25, -0.2) is 0 Å². The molecule has 0 saturated carbocycles. The summed E-state index contributed by atoms with van der Waals surface area (Å²) in [6.45, 7) is 0. The van der Waals surface area contributed by atoms with E-state index in [0.29, 0.717) is 0 Å². The van der Waals surface area contributed by atoms with E-state index in [-0.39, 0.29) is 0 Å². The molecule has 0 aromatic heterocycles. The number of benzene rings is 10. The van der Waals surface area contributed by atoms with Crippen LogP contribution in [0.1, 0.15) is 22.3 Å². The highest BCUT2D eigenvalue weighted by Crippen LogP contribution is 2.57. The van der Waals surface area contributed by atoms with E-state index in [1.54, 1.807) is 0 Å². The third kappa shape index (κ3) is 5.87. The Balaban J connectivity index is 1.05. The summed E-state index contributed by atoms with van der Waals surface area (Å²) in [6.07, 6.45) is 0. The topological polar surface area (TPSA) is 6.48 Å². The summed E-state index contributed by atoms with van der Waals surface area (Å²) in [6, 6.07) is 93.3. The van der Waals surface area contributed by atoms with E-state index in [4.69, 9.17) is 0 Å². The van der Waals surface area contributed by atoms with Crippen molar-refractivity contribution >= 4 is 34.1 Å². The molecule has 1 aliphatic heterocycles. The van der Waals surface area contributed by atoms with Crippen molar-refractivity contribution in [2.45, 2.75) is 5.41 Å². The lowest BCUT2D eigenvalue weighted by Gasteiger charge is -2.35. The first-order chi connectivity index (χ1) is 31.3. The number of anilines is 6. The van der Waals surface area contributed by atoms with E-state index in [1.807, 2.05) is 0 Å². The van der Waals surface area contributed by atoms with Crippen LogP contribution in [0.3, 0.4) is 0 Å². The molecule has 0 saturated heterocycles. The third-order valence-corrected chi connectivity index (χ3v) is 13.1. The summed E-state index contributed by atoms with van der Waals surface area (Å²) in [5, 5.41) is 0. The van der Waals surface area contributed by atoms with Crippen molar-refractivity contribution in [3.05, 3.63) is 277 Å². The standard InChI is InChI=1S/C61H42N2/c1-4-18-43(19-5-1)44-32-34-47(35-33-44)62(48-36-38-49(39-37-48)63-59-30-16-13-27-55(59)51-24-10-11-25-52(51)56-28-14-17-31-60(56)63)50-40-41-54-53-26-12-15-29-57(53)61(58(54)42-50,45-20-6-2-7-21-45)46-22-8-3-9-23-46/h1-42H. The molecule has 2 nitrogen and oxygen atoms in total. The molecule has 1 aliphatic carbocycles. The number of hydrogen-bond donors (Lipinski definition) is 0. The second kappa shape index (κ2) is 15.1. The molecular formula is C61H42N2. The second-order valence-electron chi connectivity index (χ2n) is 16.4. The van der Waals surface area contributed by atoms with E-state index < -0.39 is 5.41 Å². The number of fused-ring (bicyclic) bond motifs is 8. The molecule has 63 heavy (non-hydrogen) atoms. The van der Waals surface area contributed by atoms with Gasteiger partial charge in [0.2, 0.25) is 0 Å². The highest BCUT2D eigenvalue weighted by Gasteiger charge is 2.46. The van der Waals surface area contributed by atoms with Gasteiger partial charge in [0.25, 0.3) is 0 Å². The molecule has 10 aromatic rings. The molecule has 0 spiro atoms. The first kappa shape index (κ1) is 36.6. The first-order valence-corrected chi connectivity index (χ1v) is 21.8. The van der Waals surface area contributed by atoms with Crippen molar-refractivity contribution in [3.63, 3.8) is 0 Å². The second-order valence-corrected chi connectivity index (χ2v) is 16.4. The van der Waals surface area contributed by atoms with Gasteiger partial charge in [0.05, 0.1) is 16.8 Å². The summed E-state index contributed by atoms with van der Waals surface area (Å²) in [5.74, 6) is 0. The van der Waals surface area contributed by atoms with E-state index in [2.05, 4.69) is 265 Å². The smallest absolute Gasteiger partial charge is 0.0714 e. The fraction of sp³-hybridized carbons (Fsp3) is 0.0164. The molecule has 0 amide bonds. The average molecular weight is 803 g/mol. The number of hydrogen-bond acceptors (Lipinski definition) is 2. The fourth-order valence-electron chi connectivity index (χ4n) is 10.4. The normalized spacial score (nSPS) is 12.9. The van der Waals surface area contributed by atoms with Crippen molar-refractivity contribution < 1.29 is 0 Å². The van der Waals surface area contributed by atoms with E-state index in [0.717, 1.165) is 34.1 Å². The molecule has 0 N–H and O–H groups in total. The van der Waals surface area contributed by atoms with Crippen LogP contribution < -0.4 is 9.80 Å². The Kier molecular flexibility index (Phi) is 8.76. The summed E-state index contributed by atoms with van der Waals surface area (Å²) in [4.78, 5) is 4.84. The summed E-state index contributed by atoms with van der Waals surface area (Å²) >= 11 is 0. The van der Waals surface area contributed by atoms with Crippen molar-refractivity contribution in [2.75, 3.05) is 9.80 Å². The van der Waals surface area contributed by atoms with Gasteiger partial charge in [0, 0.05) is 33.9 Å². The molecule has 2 heteroatoms. The lowest BCUT2D eigenvalue weighted by atomic mass is 9.67. The molecule has 0 unspecified atom stereocenters. The maximum absolute atomic E-state index is 2.45.